The summed E-state index contributed by atoms with van der Waals surface area (Å²) in [4.78, 5) is 14.3. The highest BCUT2D eigenvalue weighted by Gasteiger charge is 2.18. The Morgan fingerprint density at radius 3 is 2.76 bits per heavy atom. The van der Waals surface area contributed by atoms with Crippen LogP contribution in [0.1, 0.15) is 34.1 Å². The Hall–Kier alpha value is -2.14. The molecule has 112 valence electrons. The van der Waals surface area contributed by atoms with Crippen LogP contribution >= 0.6 is 0 Å². The molecule has 0 aliphatic carbocycles. The van der Waals surface area contributed by atoms with E-state index in [4.69, 9.17) is 5.73 Å². The number of hydrogen-bond donors (Lipinski definition) is 1. The Balaban J connectivity index is 2.15. The van der Waals surface area contributed by atoms with E-state index in [-0.39, 0.29) is 5.91 Å². The lowest BCUT2D eigenvalue weighted by molar-refractivity contribution is 0.0784. The first-order valence-electron chi connectivity index (χ1n) is 7.11. The third-order valence-corrected chi connectivity index (χ3v) is 3.46. The molecule has 0 saturated carbocycles. The number of carbonyl (C=O) groups is 1. The van der Waals surface area contributed by atoms with E-state index >= 15 is 0 Å². The fourth-order valence-corrected chi connectivity index (χ4v) is 2.38. The number of benzene rings is 1. The standard InChI is InChI=1S/C16H22N4O/c1-4-15-14(11-20(3)18-15)16(21)19(2)10-13-7-5-6-12(8-13)9-17/h5-8,11H,4,9-10,17H2,1-3H3. The lowest BCUT2D eigenvalue weighted by Gasteiger charge is -2.17. The molecule has 0 unspecified atom stereocenters. The molecule has 5 heteroatoms. The van der Waals surface area contributed by atoms with Crippen molar-refractivity contribution in [1.82, 2.24) is 14.7 Å². The summed E-state index contributed by atoms with van der Waals surface area (Å²) in [7, 11) is 3.64. The van der Waals surface area contributed by atoms with Gasteiger partial charge in [0.05, 0.1) is 11.3 Å². The normalized spacial score (nSPS) is 10.7. The minimum atomic E-state index is -0.00176. The molecule has 1 heterocycles. The molecule has 1 amide bonds. The monoisotopic (exact) mass is 286 g/mol. The van der Waals surface area contributed by atoms with E-state index in [0.717, 1.165) is 23.2 Å². The van der Waals surface area contributed by atoms with Gasteiger partial charge in [0, 0.05) is 33.4 Å². The Kier molecular flexibility index (Phi) is 4.75. The lowest BCUT2D eigenvalue weighted by Crippen LogP contribution is -2.26. The zero-order valence-corrected chi connectivity index (χ0v) is 12.8. The highest BCUT2D eigenvalue weighted by atomic mass is 16.2. The predicted octanol–water partition coefficient (Wildman–Crippen LogP) is 1.71. The Bertz CT molecular complexity index is 633. The lowest BCUT2D eigenvalue weighted by atomic mass is 10.1. The maximum absolute atomic E-state index is 12.5. The van der Waals surface area contributed by atoms with Gasteiger partial charge in [0.2, 0.25) is 0 Å². The number of rotatable bonds is 5. The van der Waals surface area contributed by atoms with Crippen molar-refractivity contribution in [3.05, 3.63) is 52.8 Å². The smallest absolute Gasteiger partial charge is 0.257 e. The van der Waals surface area contributed by atoms with Crippen LogP contribution in [-0.4, -0.2) is 27.6 Å². The van der Waals surface area contributed by atoms with Crippen LogP contribution in [0.15, 0.2) is 30.5 Å². The third kappa shape index (κ3) is 3.49. The maximum atomic E-state index is 12.5. The number of nitrogens with zero attached hydrogens (tertiary/aromatic N) is 3. The van der Waals surface area contributed by atoms with Gasteiger partial charge >= 0.3 is 0 Å². The minimum Gasteiger partial charge on any atom is -0.337 e. The van der Waals surface area contributed by atoms with Crippen molar-refractivity contribution in [3.8, 4) is 0 Å². The van der Waals surface area contributed by atoms with E-state index in [9.17, 15) is 4.79 Å². The van der Waals surface area contributed by atoms with E-state index in [1.165, 1.54) is 0 Å². The SMILES string of the molecule is CCc1nn(C)cc1C(=O)N(C)Cc1cccc(CN)c1. The molecular weight excluding hydrogens is 264 g/mol. The van der Waals surface area contributed by atoms with E-state index in [2.05, 4.69) is 5.10 Å². The highest BCUT2D eigenvalue weighted by Crippen LogP contribution is 2.13. The van der Waals surface area contributed by atoms with E-state index in [0.29, 0.717) is 18.7 Å². The predicted molar refractivity (Wildman–Crippen MR) is 82.7 cm³/mol. The van der Waals surface area contributed by atoms with Crippen molar-refractivity contribution in [3.63, 3.8) is 0 Å². The summed E-state index contributed by atoms with van der Waals surface area (Å²) in [6, 6.07) is 8.00. The van der Waals surface area contributed by atoms with Gasteiger partial charge in [0.25, 0.3) is 5.91 Å². The number of aromatic nitrogens is 2. The Morgan fingerprint density at radius 2 is 2.10 bits per heavy atom. The number of aryl methyl sites for hydroxylation is 2. The van der Waals surface area contributed by atoms with Crippen LogP contribution in [0.4, 0.5) is 0 Å². The minimum absolute atomic E-state index is 0.00176. The van der Waals surface area contributed by atoms with Crippen LogP contribution in [0.5, 0.6) is 0 Å². The average Bonchev–Trinajstić information content (AvgIpc) is 2.87. The van der Waals surface area contributed by atoms with E-state index in [1.54, 1.807) is 15.8 Å². The van der Waals surface area contributed by atoms with E-state index < -0.39 is 0 Å². The van der Waals surface area contributed by atoms with Gasteiger partial charge in [-0.25, -0.2) is 0 Å². The molecule has 0 fully saturated rings. The molecule has 0 radical (unpaired) electrons. The molecule has 0 saturated heterocycles. The molecule has 0 aliphatic rings. The van der Waals surface area contributed by atoms with Crippen molar-refractivity contribution >= 4 is 5.91 Å². The van der Waals surface area contributed by atoms with Gasteiger partial charge in [-0.1, -0.05) is 31.2 Å². The second-order valence-corrected chi connectivity index (χ2v) is 5.20. The van der Waals surface area contributed by atoms with Crippen LogP contribution in [0.2, 0.25) is 0 Å². The third-order valence-electron chi connectivity index (χ3n) is 3.46. The Labute approximate surface area is 125 Å². The molecular formula is C16H22N4O. The molecule has 1 aromatic carbocycles. The summed E-state index contributed by atoms with van der Waals surface area (Å²) in [5.74, 6) is -0.00176. The number of hydrogen-bond acceptors (Lipinski definition) is 3. The Morgan fingerprint density at radius 1 is 1.38 bits per heavy atom. The quantitative estimate of drug-likeness (QED) is 0.910. The van der Waals surface area contributed by atoms with Gasteiger partial charge in [0.15, 0.2) is 0 Å². The molecule has 0 bridgehead atoms. The van der Waals surface area contributed by atoms with Gasteiger partial charge in [0.1, 0.15) is 0 Å². The van der Waals surface area contributed by atoms with Gasteiger partial charge < -0.3 is 10.6 Å². The van der Waals surface area contributed by atoms with Crippen LogP contribution in [-0.2, 0) is 26.6 Å². The van der Waals surface area contributed by atoms with Gasteiger partial charge in [-0.3, -0.25) is 9.48 Å². The molecule has 2 aromatic rings. The first-order chi connectivity index (χ1) is 10.0. The molecule has 1 aromatic heterocycles. The fraction of sp³-hybridized carbons (Fsp3) is 0.375. The summed E-state index contributed by atoms with van der Waals surface area (Å²) in [6.07, 6.45) is 2.53. The molecule has 0 spiro atoms. The van der Waals surface area contributed by atoms with Crippen LogP contribution in [0, 0.1) is 0 Å². The summed E-state index contributed by atoms with van der Waals surface area (Å²) in [5.41, 5.74) is 9.32. The van der Waals surface area contributed by atoms with Gasteiger partial charge in [-0.2, -0.15) is 5.10 Å². The van der Waals surface area contributed by atoms with Crippen LogP contribution < -0.4 is 5.73 Å². The van der Waals surface area contributed by atoms with Gasteiger partial charge in [-0.05, 0) is 17.5 Å². The highest BCUT2D eigenvalue weighted by molar-refractivity contribution is 5.94. The van der Waals surface area contributed by atoms with Crippen molar-refractivity contribution in [2.75, 3.05) is 7.05 Å². The zero-order chi connectivity index (χ0) is 15.4. The second-order valence-electron chi connectivity index (χ2n) is 5.20. The van der Waals surface area contributed by atoms with Crippen LogP contribution in [0.25, 0.3) is 0 Å². The van der Waals surface area contributed by atoms with Crippen LogP contribution in [0.3, 0.4) is 0 Å². The maximum Gasteiger partial charge on any atom is 0.257 e. The molecule has 2 N–H and O–H groups in total. The molecule has 0 atom stereocenters. The molecule has 21 heavy (non-hydrogen) atoms. The average molecular weight is 286 g/mol. The molecule has 2 rings (SSSR count). The zero-order valence-electron chi connectivity index (χ0n) is 12.8. The van der Waals surface area contributed by atoms with Crippen molar-refractivity contribution in [2.24, 2.45) is 12.8 Å². The van der Waals surface area contributed by atoms with Crippen molar-refractivity contribution < 1.29 is 4.79 Å². The topological polar surface area (TPSA) is 64.2 Å². The number of amides is 1. The summed E-state index contributed by atoms with van der Waals surface area (Å²) >= 11 is 0. The largest absolute Gasteiger partial charge is 0.337 e. The van der Waals surface area contributed by atoms with E-state index in [1.807, 2.05) is 45.3 Å². The van der Waals surface area contributed by atoms with Crippen molar-refractivity contribution in [2.45, 2.75) is 26.4 Å². The number of nitrogens with two attached hydrogens (primary N) is 1. The van der Waals surface area contributed by atoms with Gasteiger partial charge in [-0.15, -0.1) is 0 Å². The molecule has 0 aliphatic heterocycles. The molecule has 5 nitrogen and oxygen atoms in total. The van der Waals surface area contributed by atoms with Crippen molar-refractivity contribution in [1.29, 1.82) is 0 Å². The second kappa shape index (κ2) is 6.54. The fourth-order valence-electron chi connectivity index (χ4n) is 2.38. The summed E-state index contributed by atoms with van der Waals surface area (Å²) in [5, 5.41) is 4.32. The first-order valence-corrected chi connectivity index (χ1v) is 7.11. The summed E-state index contributed by atoms with van der Waals surface area (Å²) in [6.45, 7) is 3.07. The number of carbonyl (C=O) groups excluding carboxylic acids is 1. The first kappa shape index (κ1) is 15.3. The summed E-state index contributed by atoms with van der Waals surface area (Å²) < 4.78 is 1.69.